The van der Waals surface area contributed by atoms with Crippen LogP contribution in [0.2, 0.25) is 0 Å². The second-order valence-electron chi connectivity index (χ2n) is 10.6. The van der Waals surface area contributed by atoms with Crippen LogP contribution < -0.4 is 4.90 Å². The van der Waals surface area contributed by atoms with Crippen LogP contribution in [0, 0.1) is 0 Å². The van der Waals surface area contributed by atoms with E-state index in [4.69, 9.17) is 4.42 Å². The van der Waals surface area contributed by atoms with Gasteiger partial charge in [-0.2, -0.15) is 0 Å². The van der Waals surface area contributed by atoms with Gasteiger partial charge >= 0.3 is 0 Å². The normalized spacial score (nSPS) is 11.9. The molecule has 0 aliphatic rings. The van der Waals surface area contributed by atoms with Crippen LogP contribution in [-0.4, -0.2) is 0 Å². The highest BCUT2D eigenvalue weighted by Gasteiger charge is 2.16. The van der Waals surface area contributed by atoms with Crippen molar-refractivity contribution in [3.8, 4) is 0 Å². The molecular weight excluding hydrogens is 518 g/mol. The fourth-order valence-corrected chi connectivity index (χ4v) is 7.43. The first-order valence-corrected chi connectivity index (χ1v) is 14.7. The van der Waals surface area contributed by atoms with Crippen molar-refractivity contribution in [1.29, 1.82) is 0 Å². The summed E-state index contributed by atoms with van der Waals surface area (Å²) in [6.45, 7) is 0. The lowest BCUT2D eigenvalue weighted by atomic mass is 9.99. The van der Waals surface area contributed by atoms with Gasteiger partial charge in [0, 0.05) is 48.0 Å². The fraction of sp³-hybridized carbons (Fsp3) is 0. The van der Waals surface area contributed by atoms with Crippen molar-refractivity contribution in [1.82, 2.24) is 0 Å². The summed E-state index contributed by atoms with van der Waals surface area (Å²) in [5.41, 5.74) is 5.29. The number of para-hydroxylation sites is 2. The first-order chi connectivity index (χ1) is 20.3. The van der Waals surface area contributed by atoms with Crippen LogP contribution in [0.5, 0.6) is 0 Å². The summed E-state index contributed by atoms with van der Waals surface area (Å²) in [4.78, 5) is 2.36. The minimum atomic E-state index is 0.929. The van der Waals surface area contributed by atoms with Gasteiger partial charge in [0.2, 0.25) is 0 Å². The second-order valence-corrected chi connectivity index (χ2v) is 11.7. The monoisotopic (exact) mass is 541 g/mol. The molecule has 9 aromatic rings. The van der Waals surface area contributed by atoms with Crippen LogP contribution in [0.3, 0.4) is 0 Å². The predicted molar refractivity (Wildman–Crippen MR) is 176 cm³/mol. The maximum absolute atomic E-state index is 6.17. The number of thiophene rings is 1. The molecule has 2 nitrogen and oxygen atoms in total. The van der Waals surface area contributed by atoms with E-state index in [9.17, 15) is 0 Å². The highest BCUT2D eigenvalue weighted by Crippen LogP contribution is 2.42. The van der Waals surface area contributed by atoms with Crippen molar-refractivity contribution in [3.63, 3.8) is 0 Å². The molecule has 0 amide bonds. The van der Waals surface area contributed by atoms with Gasteiger partial charge in [-0.1, -0.05) is 78.9 Å². The van der Waals surface area contributed by atoms with Crippen LogP contribution in [0.25, 0.3) is 63.7 Å². The topological polar surface area (TPSA) is 16.4 Å². The highest BCUT2D eigenvalue weighted by molar-refractivity contribution is 7.25. The Hall–Kier alpha value is -5.12. The molecule has 0 bridgehead atoms. The van der Waals surface area contributed by atoms with Crippen molar-refractivity contribution in [2.45, 2.75) is 0 Å². The number of furan rings is 1. The molecule has 0 aliphatic heterocycles. The molecule has 0 saturated heterocycles. The summed E-state index contributed by atoms with van der Waals surface area (Å²) in [6.07, 6.45) is 0. The molecule has 0 radical (unpaired) electrons. The van der Waals surface area contributed by atoms with E-state index in [-0.39, 0.29) is 0 Å². The average Bonchev–Trinajstić information content (AvgIpc) is 3.58. The van der Waals surface area contributed by atoms with E-state index in [2.05, 4.69) is 132 Å². The fourth-order valence-electron chi connectivity index (χ4n) is 6.29. The zero-order valence-electron chi connectivity index (χ0n) is 22.0. The minimum Gasteiger partial charge on any atom is -0.456 e. The van der Waals surface area contributed by atoms with Crippen LogP contribution in [0.4, 0.5) is 17.1 Å². The number of hydrogen-bond acceptors (Lipinski definition) is 3. The zero-order chi connectivity index (χ0) is 26.9. The summed E-state index contributed by atoms with van der Waals surface area (Å²) in [5, 5.41) is 9.83. The highest BCUT2D eigenvalue weighted by atomic mass is 32.1. The van der Waals surface area contributed by atoms with E-state index >= 15 is 0 Å². The molecular formula is C38H23NOS. The van der Waals surface area contributed by atoms with Gasteiger partial charge in [-0.25, -0.2) is 0 Å². The Morgan fingerprint density at radius 3 is 1.95 bits per heavy atom. The van der Waals surface area contributed by atoms with Gasteiger partial charge in [-0.15, -0.1) is 11.3 Å². The molecule has 0 unspecified atom stereocenters. The van der Waals surface area contributed by atoms with E-state index in [1.54, 1.807) is 0 Å². The molecule has 7 aromatic carbocycles. The maximum Gasteiger partial charge on any atom is 0.136 e. The number of hydrogen-bond donors (Lipinski definition) is 0. The predicted octanol–water partition coefficient (Wildman–Crippen LogP) is 11.7. The first-order valence-electron chi connectivity index (χ1n) is 13.8. The van der Waals surface area contributed by atoms with Crippen LogP contribution in [-0.2, 0) is 0 Å². The minimum absolute atomic E-state index is 0.929. The average molecular weight is 542 g/mol. The van der Waals surface area contributed by atoms with Gasteiger partial charge in [0.15, 0.2) is 0 Å². The van der Waals surface area contributed by atoms with E-state index in [0.717, 1.165) is 39.0 Å². The Labute approximate surface area is 240 Å². The van der Waals surface area contributed by atoms with Crippen molar-refractivity contribution in [3.05, 3.63) is 140 Å². The molecule has 0 spiro atoms. The van der Waals surface area contributed by atoms with Gasteiger partial charge in [0.05, 0.1) is 0 Å². The Kier molecular flexibility index (Phi) is 4.80. The van der Waals surface area contributed by atoms with Crippen LogP contribution >= 0.6 is 11.3 Å². The first kappa shape index (κ1) is 22.7. The Bertz CT molecular complexity index is 2430. The largest absolute Gasteiger partial charge is 0.456 e. The van der Waals surface area contributed by atoms with Crippen molar-refractivity contribution in [2.75, 3.05) is 4.90 Å². The summed E-state index contributed by atoms with van der Waals surface area (Å²) in [5.74, 6) is 0. The van der Waals surface area contributed by atoms with Crippen LogP contribution in [0.1, 0.15) is 0 Å². The van der Waals surface area contributed by atoms with Gasteiger partial charge in [-0.05, 0) is 82.2 Å². The van der Waals surface area contributed by atoms with Crippen LogP contribution in [0.15, 0.2) is 144 Å². The summed E-state index contributed by atoms with van der Waals surface area (Å²) in [6, 6.07) is 50.2. The lowest BCUT2D eigenvalue weighted by Gasteiger charge is -2.26. The van der Waals surface area contributed by atoms with Gasteiger partial charge < -0.3 is 9.32 Å². The molecule has 2 heterocycles. The Morgan fingerprint density at radius 2 is 1.07 bits per heavy atom. The molecule has 41 heavy (non-hydrogen) atoms. The quantitative estimate of drug-likeness (QED) is 0.207. The SMILES string of the molecule is c1ccc(N(c2ccc3c(ccc4cc5oc6ccccc6c5cc43)c2)c2ccc3c(c2)sc2ccccc23)cc1. The molecule has 0 N–H and O–H groups in total. The van der Waals surface area contributed by atoms with Gasteiger partial charge in [0.1, 0.15) is 11.2 Å². The van der Waals surface area contributed by atoms with E-state index < -0.39 is 0 Å². The maximum atomic E-state index is 6.17. The third kappa shape index (κ3) is 3.49. The standard InChI is InChI=1S/C38H23NOS/c1-2-8-26(9-3-1)39(28-17-19-32-31-11-5-7-13-37(31)41-38(32)22-28)27-16-18-29-24(20-27)14-15-25-21-36-34(23-33(25)29)30-10-4-6-12-35(30)40-36/h1-23H. The van der Waals surface area contributed by atoms with Gasteiger partial charge in [-0.3, -0.25) is 0 Å². The smallest absolute Gasteiger partial charge is 0.136 e. The Balaban J connectivity index is 1.24. The lowest BCUT2D eigenvalue weighted by molar-refractivity contribution is 0.669. The summed E-state index contributed by atoms with van der Waals surface area (Å²) in [7, 11) is 0. The van der Waals surface area contributed by atoms with E-state index in [1.165, 1.54) is 41.7 Å². The molecule has 0 aliphatic carbocycles. The van der Waals surface area contributed by atoms with E-state index in [1.807, 2.05) is 23.5 Å². The molecule has 0 saturated carbocycles. The summed E-state index contributed by atoms with van der Waals surface area (Å²) >= 11 is 1.86. The number of rotatable bonds is 3. The third-order valence-electron chi connectivity index (χ3n) is 8.21. The number of anilines is 3. The molecule has 2 aromatic heterocycles. The number of benzene rings is 7. The number of fused-ring (bicyclic) bond motifs is 9. The molecule has 9 rings (SSSR count). The van der Waals surface area contributed by atoms with Crippen molar-refractivity contribution < 1.29 is 4.42 Å². The van der Waals surface area contributed by atoms with Crippen molar-refractivity contribution in [2.24, 2.45) is 0 Å². The van der Waals surface area contributed by atoms with Crippen molar-refractivity contribution >= 4 is 92.1 Å². The molecule has 0 atom stereocenters. The second kappa shape index (κ2) is 8.69. The van der Waals surface area contributed by atoms with E-state index in [0.29, 0.717) is 0 Å². The Morgan fingerprint density at radius 1 is 0.390 bits per heavy atom. The number of nitrogens with zero attached hydrogens (tertiary/aromatic N) is 1. The van der Waals surface area contributed by atoms with Gasteiger partial charge in [0.25, 0.3) is 0 Å². The third-order valence-corrected chi connectivity index (χ3v) is 9.34. The zero-order valence-corrected chi connectivity index (χ0v) is 22.9. The summed E-state index contributed by atoms with van der Waals surface area (Å²) < 4.78 is 8.79. The molecule has 3 heteroatoms. The molecule has 192 valence electrons. The lowest BCUT2D eigenvalue weighted by Crippen LogP contribution is -2.09. The molecule has 0 fully saturated rings.